The van der Waals surface area contributed by atoms with Gasteiger partial charge >= 0.3 is 0 Å². The van der Waals surface area contributed by atoms with E-state index in [4.69, 9.17) is 9.68 Å². The Kier molecular flexibility index (Phi) is 2.13. The maximum Gasteiger partial charge on any atom is 0.227 e. The smallest absolute Gasteiger partial charge is 0.227 e. The molecule has 0 atom stereocenters. The minimum Gasteiger partial charge on any atom is -0.436 e. The zero-order valence-corrected chi connectivity index (χ0v) is 8.84. The molecule has 0 aliphatic heterocycles. The minimum atomic E-state index is 0.559. The van der Waals surface area contributed by atoms with Crippen molar-refractivity contribution < 1.29 is 4.42 Å². The van der Waals surface area contributed by atoms with Crippen LogP contribution in [0.25, 0.3) is 22.6 Å². The van der Waals surface area contributed by atoms with Gasteiger partial charge in [0.2, 0.25) is 5.89 Å². The monoisotopic (exact) mass is 219 g/mol. The van der Waals surface area contributed by atoms with Crippen LogP contribution in [0.4, 0.5) is 0 Å². The molecular weight excluding hydrogens is 212 g/mol. The molecule has 3 nitrogen and oxygen atoms in total. The van der Waals surface area contributed by atoms with Gasteiger partial charge in [0, 0.05) is 5.56 Å². The Morgan fingerprint density at radius 3 is 2.76 bits per heavy atom. The molecule has 17 heavy (non-hydrogen) atoms. The van der Waals surface area contributed by atoms with Gasteiger partial charge in [-0.3, -0.25) is 0 Å². The second-order valence-corrected chi connectivity index (χ2v) is 3.60. The number of benzene rings is 2. The zero-order chi connectivity index (χ0) is 11.7. The van der Waals surface area contributed by atoms with E-state index in [1.165, 1.54) is 0 Å². The average Bonchev–Trinajstić information content (AvgIpc) is 2.82. The van der Waals surface area contributed by atoms with Crippen LogP contribution in [0.15, 0.2) is 46.9 Å². The third kappa shape index (κ3) is 1.66. The molecule has 0 bridgehead atoms. The predicted molar refractivity (Wildman–Crippen MR) is 63.0 cm³/mol. The number of oxazole rings is 1. The summed E-state index contributed by atoms with van der Waals surface area (Å²) in [5.41, 5.74) is 2.87. The lowest BCUT2D eigenvalue weighted by molar-refractivity contribution is 0.620. The molecule has 0 saturated heterocycles. The molecule has 3 heteroatoms. The lowest BCUT2D eigenvalue weighted by Gasteiger charge is -1.91. The summed E-state index contributed by atoms with van der Waals surface area (Å²) in [4.78, 5) is 4.36. The highest BCUT2D eigenvalue weighted by Gasteiger charge is 2.07. The Hall–Kier alpha value is -2.60. The minimum absolute atomic E-state index is 0.559. The first-order chi connectivity index (χ1) is 8.36. The SMILES string of the molecule is N#Cc1ccc2oc(-c3cc[c]cc3)nc2c1. The number of aromatic nitrogens is 1. The number of rotatable bonds is 1. The molecule has 3 aromatic rings. The second-order valence-electron chi connectivity index (χ2n) is 3.60. The lowest BCUT2D eigenvalue weighted by Crippen LogP contribution is -1.75. The molecule has 0 fully saturated rings. The Labute approximate surface area is 97.9 Å². The van der Waals surface area contributed by atoms with E-state index in [2.05, 4.69) is 17.1 Å². The molecule has 79 valence electrons. The maximum absolute atomic E-state index is 8.81. The van der Waals surface area contributed by atoms with E-state index >= 15 is 0 Å². The van der Waals surface area contributed by atoms with Crippen molar-refractivity contribution in [2.24, 2.45) is 0 Å². The summed E-state index contributed by atoms with van der Waals surface area (Å²) in [7, 11) is 0. The maximum atomic E-state index is 8.81. The molecular formula is C14H7N2O. The fraction of sp³-hybridized carbons (Fsp3) is 0. The van der Waals surface area contributed by atoms with Gasteiger partial charge in [-0.15, -0.1) is 0 Å². The Morgan fingerprint density at radius 2 is 2.00 bits per heavy atom. The van der Waals surface area contributed by atoms with Gasteiger partial charge in [0.25, 0.3) is 0 Å². The van der Waals surface area contributed by atoms with Gasteiger partial charge in [0.15, 0.2) is 5.58 Å². The van der Waals surface area contributed by atoms with Crippen molar-refractivity contribution in [1.82, 2.24) is 4.98 Å². The number of nitriles is 1. The standard InChI is InChI=1S/C14H7N2O/c15-9-10-6-7-13-12(8-10)16-14(17-13)11-4-2-1-3-5-11/h2-8H. The molecule has 0 amide bonds. The number of fused-ring (bicyclic) bond motifs is 1. The van der Waals surface area contributed by atoms with Crippen molar-refractivity contribution in [2.45, 2.75) is 0 Å². The fourth-order valence-corrected chi connectivity index (χ4v) is 1.65. The molecule has 2 aromatic carbocycles. The summed E-state index contributed by atoms with van der Waals surface area (Å²) in [5.74, 6) is 0.559. The van der Waals surface area contributed by atoms with Crippen molar-refractivity contribution in [3.05, 3.63) is 54.1 Å². The van der Waals surface area contributed by atoms with Crippen molar-refractivity contribution in [2.75, 3.05) is 0 Å². The van der Waals surface area contributed by atoms with Crippen LogP contribution in [0.3, 0.4) is 0 Å². The molecule has 1 heterocycles. The van der Waals surface area contributed by atoms with E-state index in [1.54, 1.807) is 18.2 Å². The van der Waals surface area contributed by atoms with Crippen LogP contribution in [-0.4, -0.2) is 4.98 Å². The van der Waals surface area contributed by atoms with Gasteiger partial charge in [-0.1, -0.05) is 12.1 Å². The summed E-state index contributed by atoms with van der Waals surface area (Å²) in [6.07, 6.45) is 0. The normalized spacial score (nSPS) is 10.3. The fourth-order valence-electron chi connectivity index (χ4n) is 1.65. The first kappa shape index (κ1) is 9.61. The van der Waals surface area contributed by atoms with E-state index in [0.717, 1.165) is 5.56 Å². The number of hydrogen-bond donors (Lipinski definition) is 0. The van der Waals surface area contributed by atoms with Crippen LogP contribution in [0, 0.1) is 17.4 Å². The number of hydrogen-bond acceptors (Lipinski definition) is 3. The first-order valence-electron chi connectivity index (χ1n) is 5.14. The highest BCUT2D eigenvalue weighted by atomic mass is 16.3. The molecule has 0 spiro atoms. The van der Waals surface area contributed by atoms with Crippen LogP contribution >= 0.6 is 0 Å². The Balaban J connectivity index is 2.18. The molecule has 0 N–H and O–H groups in total. The molecule has 0 aliphatic rings. The lowest BCUT2D eigenvalue weighted by atomic mass is 10.2. The topological polar surface area (TPSA) is 49.8 Å². The van der Waals surface area contributed by atoms with Gasteiger partial charge in [0.1, 0.15) is 5.52 Å². The van der Waals surface area contributed by atoms with Gasteiger partial charge in [-0.25, -0.2) is 4.98 Å². The summed E-state index contributed by atoms with van der Waals surface area (Å²) in [5, 5.41) is 8.81. The highest BCUT2D eigenvalue weighted by Crippen LogP contribution is 2.24. The summed E-state index contributed by atoms with van der Waals surface area (Å²) in [6, 6.07) is 17.6. The van der Waals surface area contributed by atoms with Crippen molar-refractivity contribution in [3.8, 4) is 17.5 Å². The van der Waals surface area contributed by atoms with Crippen molar-refractivity contribution in [1.29, 1.82) is 5.26 Å². The predicted octanol–water partition coefficient (Wildman–Crippen LogP) is 3.17. The van der Waals surface area contributed by atoms with E-state index in [9.17, 15) is 0 Å². The Morgan fingerprint density at radius 1 is 1.18 bits per heavy atom. The Bertz CT molecular complexity index is 708. The summed E-state index contributed by atoms with van der Waals surface area (Å²) >= 11 is 0. The summed E-state index contributed by atoms with van der Waals surface area (Å²) in [6.45, 7) is 0. The zero-order valence-electron chi connectivity index (χ0n) is 8.84. The number of nitrogens with zero attached hydrogens (tertiary/aromatic N) is 2. The van der Waals surface area contributed by atoms with Gasteiger partial charge in [-0.05, 0) is 36.4 Å². The van der Waals surface area contributed by atoms with E-state index < -0.39 is 0 Å². The van der Waals surface area contributed by atoms with E-state index in [1.807, 2.05) is 24.3 Å². The van der Waals surface area contributed by atoms with Crippen molar-refractivity contribution in [3.63, 3.8) is 0 Å². The molecule has 3 rings (SSSR count). The van der Waals surface area contributed by atoms with E-state index in [-0.39, 0.29) is 0 Å². The largest absolute Gasteiger partial charge is 0.436 e. The van der Waals surface area contributed by atoms with E-state index in [0.29, 0.717) is 22.6 Å². The molecule has 0 aliphatic carbocycles. The van der Waals surface area contributed by atoms with Crippen LogP contribution in [0.1, 0.15) is 5.56 Å². The third-order valence-corrected chi connectivity index (χ3v) is 2.48. The van der Waals surface area contributed by atoms with Gasteiger partial charge in [-0.2, -0.15) is 5.26 Å². The third-order valence-electron chi connectivity index (χ3n) is 2.48. The molecule has 1 aromatic heterocycles. The van der Waals surface area contributed by atoms with Crippen LogP contribution < -0.4 is 0 Å². The van der Waals surface area contributed by atoms with Crippen LogP contribution in [0.5, 0.6) is 0 Å². The molecule has 0 saturated carbocycles. The second kappa shape index (κ2) is 3.76. The summed E-state index contributed by atoms with van der Waals surface area (Å²) < 4.78 is 5.62. The van der Waals surface area contributed by atoms with Gasteiger partial charge < -0.3 is 4.42 Å². The quantitative estimate of drug-likeness (QED) is 0.631. The van der Waals surface area contributed by atoms with Crippen LogP contribution in [-0.2, 0) is 0 Å². The van der Waals surface area contributed by atoms with Crippen molar-refractivity contribution >= 4 is 11.1 Å². The first-order valence-corrected chi connectivity index (χ1v) is 5.14. The molecule has 0 unspecified atom stereocenters. The van der Waals surface area contributed by atoms with Gasteiger partial charge in [0.05, 0.1) is 11.6 Å². The van der Waals surface area contributed by atoms with Crippen LogP contribution in [0.2, 0.25) is 0 Å². The average molecular weight is 219 g/mol. The highest BCUT2D eigenvalue weighted by molar-refractivity contribution is 5.77. The molecule has 1 radical (unpaired) electrons.